The number of anilines is 1. The summed E-state index contributed by atoms with van der Waals surface area (Å²) in [6.07, 6.45) is 0. The first-order chi connectivity index (χ1) is 14.6. The molecule has 0 aliphatic carbocycles. The van der Waals surface area contributed by atoms with E-state index in [1.807, 2.05) is 91.9 Å². The van der Waals surface area contributed by atoms with Crippen LogP contribution >= 0.6 is 7.37 Å². The van der Waals surface area contributed by atoms with Gasteiger partial charge in [0.1, 0.15) is 11.4 Å². The van der Waals surface area contributed by atoms with Gasteiger partial charge in [-0.05, 0) is 47.9 Å². The molecule has 0 radical (unpaired) electrons. The maximum Gasteiger partial charge on any atom is 0.289 e. The summed E-state index contributed by atoms with van der Waals surface area (Å²) in [7, 11) is -3.36. The number of rotatable bonds is 3. The van der Waals surface area contributed by atoms with Crippen molar-refractivity contribution in [1.29, 1.82) is 0 Å². The summed E-state index contributed by atoms with van der Waals surface area (Å²) < 4.78 is 21.2. The molecule has 2 N–H and O–H groups in total. The maximum absolute atomic E-state index is 14.8. The van der Waals surface area contributed by atoms with E-state index in [9.17, 15) is 4.57 Å². The third kappa shape index (κ3) is 3.03. The lowest BCUT2D eigenvalue weighted by atomic mass is 10.0. The SMILES string of the molecule is Cc1ccc(C(c2ccc(N)cc2)P2(=O)Oc3ccccc3-c3ccccc32)cc1. The molecule has 0 saturated heterocycles. The van der Waals surface area contributed by atoms with Gasteiger partial charge in [0.05, 0.1) is 5.30 Å². The summed E-state index contributed by atoms with van der Waals surface area (Å²) in [6.45, 7) is 2.05. The van der Waals surface area contributed by atoms with Gasteiger partial charge in [0, 0.05) is 11.3 Å². The van der Waals surface area contributed by atoms with Crippen LogP contribution < -0.4 is 15.6 Å². The zero-order valence-corrected chi connectivity index (χ0v) is 17.6. The first kappa shape index (κ1) is 18.7. The van der Waals surface area contributed by atoms with E-state index in [4.69, 9.17) is 10.3 Å². The Hall–Kier alpha value is -3.29. The normalized spacial score (nSPS) is 18.0. The number of benzene rings is 4. The first-order valence-corrected chi connectivity index (χ1v) is 11.7. The highest BCUT2D eigenvalue weighted by molar-refractivity contribution is 7.68. The molecular formula is C26H22NO2P. The van der Waals surface area contributed by atoms with Gasteiger partial charge in [-0.15, -0.1) is 0 Å². The van der Waals surface area contributed by atoms with Crippen molar-refractivity contribution >= 4 is 18.4 Å². The van der Waals surface area contributed by atoms with Crippen LogP contribution in [-0.2, 0) is 4.57 Å². The lowest BCUT2D eigenvalue weighted by Crippen LogP contribution is -2.22. The maximum atomic E-state index is 14.8. The Balaban J connectivity index is 1.78. The topological polar surface area (TPSA) is 52.3 Å². The van der Waals surface area contributed by atoms with Crippen LogP contribution in [-0.4, -0.2) is 0 Å². The van der Waals surface area contributed by atoms with Gasteiger partial charge < -0.3 is 10.3 Å². The van der Waals surface area contributed by atoms with Crippen LogP contribution in [0.4, 0.5) is 5.69 Å². The van der Waals surface area contributed by atoms with Crippen LogP contribution in [0.2, 0.25) is 0 Å². The Morgan fingerprint density at radius 3 is 2.00 bits per heavy atom. The fraction of sp³-hybridized carbons (Fsp3) is 0.0769. The number of aryl methyl sites for hydroxylation is 1. The summed E-state index contributed by atoms with van der Waals surface area (Å²) in [5.41, 5.74) is 11.2. The summed E-state index contributed by atoms with van der Waals surface area (Å²) in [5, 5.41) is 0.756. The van der Waals surface area contributed by atoms with Crippen molar-refractivity contribution in [3.8, 4) is 16.9 Å². The number of hydrogen-bond acceptors (Lipinski definition) is 3. The molecule has 148 valence electrons. The summed E-state index contributed by atoms with van der Waals surface area (Å²) in [6, 6.07) is 31.5. The summed E-state index contributed by atoms with van der Waals surface area (Å²) >= 11 is 0. The van der Waals surface area contributed by atoms with Gasteiger partial charge in [0.15, 0.2) is 0 Å². The number of nitrogen functional groups attached to an aromatic ring is 1. The van der Waals surface area contributed by atoms with Crippen LogP contribution in [0.25, 0.3) is 11.1 Å². The molecule has 2 atom stereocenters. The third-order valence-electron chi connectivity index (χ3n) is 5.64. The summed E-state index contributed by atoms with van der Waals surface area (Å²) in [5.74, 6) is 0.659. The molecule has 3 nitrogen and oxygen atoms in total. The van der Waals surface area contributed by atoms with Crippen LogP contribution in [0.5, 0.6) is 5.75 Å². The standard InChI is InChI=1S/C26H22NO2P/c1-18-10-12-19(13-11-18)26(20-14-16-21(27)17-15-20)30(28)25-9-5-3-7-23(25)22-6-2-4-8-24(22)29-30/h2-17,26H,27H2,1H3. The molecule has 2 unspecified atom stereocenters. The Bertz CT molecular complexity index is 1220. The molecule has 0 saturated carbocycles. The van der Waals surface area contributed by atoms with Crippen LogP contribution in [0, 0.1) is 6.92 Å². The van der Waals surface area contributed by atoms with Gasteiger partial charge in [-0.1, -0.05) is 78.4 Å². The zero-order chi connectivity index (χ0) is 20.7. The molecule has 30 heavy (non-hydrogen) atoms. The second kappa shape index (κ2) is 7.19. The minimum absolute atomic E-state index is 0.437. The fourth-order valence-corrected chi connectivity index (χ4v) is 7.03. The second-order valence-corrected chi connectivity index (χ2v) is 10.1. The van der Waals surface area contributed by atoms with E-state index in [-0.39, 0.29) is 0 Å². The molecule has 1 aliphatic heterocycles. The van der Waals surface area contributed by atoms with Crippen molar-refractivity contribution in [2.45, 2.75) is 12.6 Å². The Morgan fingerprint density at radius 2 is 1.30 bits per heavy atom. The molecule has 0 aromatic heterocycles. The van der Waals surface area contributed by atoms with Gasteiger partial charge >= 0.3 is 0 Å². The lowest BCUT2D eigenvalue weighted by molar-refractivity contribution is 0.484. The average Bonchev–Trinajstić information content (AvgIpc) is 2.77. The molecule has 1 heterocycles. The van der Waals surface area contributed by atoms with Crippen LogP contribution in [0.1, 0.15) is 22.3 Å². The number of para-hydroxylation sites is 1. The largest absolute Gasteiger partial charge is 0.439 e. The Kier molecular flexibility index (Phi) is 4.49. The highest BCUT2D eigenvalue weighted by Crippen LogP contribution is 2.65. The number of nitrogens with two attached hydrogens (primary N) is 1. The zero-order valence-electron chi connectivity index (χ0n) is 16.7. The molecule has 4 aromatic rings. The van der Waals surface area contributed by atoms with E-state index in [1.165, 1.54) is 0 Å². The average molecular weight is 411 g/mol. The number of hydrogen-bond donors (Lipinski definition) is 1. The highest BCUT2D eigenvalue weighted by Gasteiger charge is 2.44. The van der Waals surface area contributed by atoms with Crippen LogP contribution in [0.15, 0.2) is 97.1 Å². The molecule has 5 rings (SSSR count). The first-order valence-electron chi connectivity index (χ1n) is 9.96. The molecular weight excluding hydrogens is 389 g/mol. The van der Waals surface area contributed by atoms with Crippen molar-refractivity contribution in [1.82, 2.24) is 0 Å². The van der Waals surface area contributed by atoms with E-state index in [1.54, 1.807) is 0 Å². The predicted octanol–water partition coefficient (Wildman–Crippen LogP) is 6.33. The monoisotopic (exact) mass is 411 g/mol. The van der Waals surface area contributed by atoms with Crippen molar-refractivity contribution in [2.24, 2.45) is 0 Å². The molecule has 4 aromatic carbocycles. The Labute approximate surface area is 176 Å². The molecule has 0 fully saturated rings. The minimum atomic E-state index is -3.36. The van der Waals surface area contributed by atoms with Gasteiger partial charge in [-0.25, -0.2) is 0 Å². The molecule has 0 spiro atoms. The number of fused-ring (bicyclic) bond motifs is 3. The van der Waals surface area contributed by atoms with Crippen molar-refractivity contribution in [2.75, 3.05) is 5.73 Å². The predicted molar refractivity (Wildman–Crippen MR) is 124 cm³/mol. The van der Waals surface area contributed by atoms with E-state index in [0.717, 1.165) is 33.1 Å². The third-order valence-corrected chi connectivity index (χ3v) is 8.44. The van der Waals surface area contributed by atoms with Gasteiger partial charge in [0.2, 0.25) is 0 Å². The van der Waals surface area contributed by atoms with E-state index < -0.39 is 13.0 Å². The van der Waals surface area contributed by atoms with E-state index >= 15 is 0 Å². The second-order valence-electron chi connectivity index (χ2n) is 7.68. The quantitative estimate of drug-likeness (QED) is 0.317. The smallest absolute Gasteiger partial charge is 0.289 e. The van der Waals surface area contributed by atoms with Crippen molar-refractivity contribution < 1.29 is 9.09 Å². The van der Waals surface area contributed by atoms with Crippen molar-refractivity contribution in [3.63, 3.8) is 0 Å². The van der Waals surface area contributed by atoms with E-state index in [2.05, 4.69) is 12.1 Å². The lowest BCUT2D eigenvalue weighted by Gasteiger charge is -2.34. The van der Waals surface area contributed by atoms with Crippen LogP contribution in [0.3, 0.4) is 0 Å². The van der Waals surface area contributed by atoms with Gasteiger partial charge in [-0.3, -0.25) is 4.57 Å². The summed E-state index contributed by atoms with van der Waals surface area (Å²) in [4.78, 5) is 0. The van der Waals surface area contributed by atoms with E-state index in [0.29, 0.717) is 11.4 Å². The molecule has 4 heteroatoms. The van der Waals surface area contributed by atoms with Gasteiger partial charge in [0.25, 0.3) is 7.37 Å². The fourth-order valence-electron chi connectivity index (χ4n) is 4.14. The van der Waals surface area contributed by atoms with Crippen molar-refractivity contribution in [3.05, 3.63) is 114 Å². The molecule has 0 amide bonds. The minimum Gasteiger partial charge on any atom is -0.439 e. The Morgan fingerprint density at radius 1 is 0.733 bits per heavy atom. The van der Waals surface area contributed by atoms with Gasteiger partial charge in [-0.2, -0.15) is 0 Å². The molecule has 0 bridgehead atoms. The molecule has 1 aliphatic rings. The highest BCUT2D eigenvalue weighted by atomic mass is 31.2.